The maximum absolute atomic E-state index is 12.9. The van der Waals surface area contributed by atoms with Gasteiger partial charge in [-0.3, -0.25) is 14.9 Å². The summed E-state index contributed by atoms with van der Waals surface area (Å²) in [7, 11) is 0. The van der Waals surface area contributed by atoms with Gasteiger partial charge >= 0.3 is 12.2 Å². The average molecular weight is 425 g/mol. The predicted molar refractivity (Wildman–Crippen MR) is 103 cm³/mol. The zero-order valence-electron chi connectivity index (χ0n) is 16.9. The molecule has 6 nitrogen and oxygen atoms in total. The van der Waals surface area contributed by atoms with Crippen LogP contribution in [0.15, 0.2) is 24.3 Å². The molecule has 164 valence electrons. The number of nitrogens with one attached hydrogen (secondary N) is 2. The minimum Gasteiger partial charge on any atom is -0.369 e. The van der Waals surface area contributed by atoms with Crippen LogP contribution >= 0.6 is 0 Å². The molecule has 0 aromatic heterocycles. The van der Waals surface area contributed by atoms with Gasteiger partial charge in [-0.25, -0.2) is 4.79 Å². The summed E-state index contributed by atoms with van der Waals surface area (Å²) in [5.74, 6) is -1.49. The summed E-state index contributed by atoms with van der Waals surface area (Å²) in [5.41, 5.74) is 3.50. The van der Waals surface area contributed by atoms with E-state index in [0.29, 0.717) is 24.8 Å². The minimum absolute atomic E-state index is 0.153. The predicted octanol–water partition coefficient (Wildman–Crippen LogP) is 3.14. The second kappa shape index (κ2) is 7.59. The molecule has 30 heavy (non-hydrogen) atoms. The highest BCUT2D eigenvalue weighted by Crippen LogP contribution is 2.48. The van der Waals surface area contributed by atoms with E-state index in [1.54, 1.807) is 0 Å². The number of benzene rings is 1. The molecule has 3 atom stereocenters. The zero-order chi connectivity index (χ0) is 22.3. The summed E-state index contributed by atoms with van der Waals surface area (Å²) in [6.07, 6.45) is -2.20. The van der Waals surface area contributed by atoms with E-state index in [4.69, 9.17) is 5.73 Å². The fraction of sp³-hybridized carbons (Fsp3) is 0.571. The summed E-state index contributed by atoms with van der Waals surface area (Å²) in [6.45, 7) is 3.67. The van der Waals surface area contributed by atoms with Crippen LogP contribution in [0, 0.1) is 17.3 Å². The number of alkyl halides is 3. The van der Waals surface area contributed by atoms with Crippen LogP contribution in [0.4, 0.5) is 18.0 Å². The van der Waals surface area contributed by atoms with Crippen LogP contribution in [0.3, 0.4) is 0 Å². The fourth-order valence-corrected chi connectivity index (χ4v) is 4.92. The van der Waals surface area contributed by atoms with Crippen LogP contribution < -0.4 is 16.4 Å². The molecule has 3 rings (SSSR count). The van der Waals surface area contributed by atoms with Crippen LogP contribution in [-0.2, 0) is 22.2 Å². The van der Waals surface area contributed by atoms with E-state index in [1.165, 1.54) is 12.1 Å². The van der Waals surface area contributed by atoms with Gasteiger partial charge in [0.05, 0.1) is 11.0 Å². The van der Waals surface area contributed by atoms with E-state index >= 15 is 0 Å². The first kappa shape index (κ1) is 22.1. The molecule has 0 radical (unpaired) electrons. The average Bonchev–Trinajstić information content (AvgIpc) is 3.16. The largest absolute Gasteiger partial charge is 0.416 e. The fourth-order valence-electron chi connectivity index (χ4n) is 4.92. The first-order valence-corrected chi connectivity index (χ1v) is 10.0. The van der Waals surface area contributed by atoms with Crippen LogP contribution in [0.25, 0.3) is 0 Å². The molecule has 1 spiro atoms. The summed E-state index contributed by atoms with van der Waals surface area (Å²) in [5, 5.41) is 5.02. The molecule has 1 aliphatic heterocycles. The molecule has 1 aromatic carbocycles. The molecule has 1 aromatic rings. The third kappa shape index (κ3) is 3.77. The normalized spacial score (nSPS) is 26.0. The maximum Gasteiger partial charge on any atom is 0.416 e. The van der Waals surface area contributed by atoms with Gasteiger partial charge < -0.3 is 11.1 Å². The number of carbonyl (C=O) groups excluding carboxylic acids is 3. The third-order valence-corrected chi connectivity index (χ3v) is 6.80. The van der Waals surface area contributed by atoms with E-state index in [2.05, 4.69) is 10.6 Å². The van der Waals surface area contributed by atoms with Crippen molar-refractivity contribution in [2.45, 2.75) is 57.7 Å². The lowest BCUT2D eigenvalue weighted by Gasteiger charge is -2.40. The molecular formula is C21H26F3N3O3. The van der Waals surface area contributed by atoms with Gasteiger partial charge in [0.25, 0.3) is 5.91 Å². The van der Waals surface area contributed by atoms with Gasteiger partial charge in [0.1, 0.15) is 5.54 Å². The molecule has 9 heteroatoms. The van der Waals surface area contributed by atoms with Gasteiger partial charge in [-0.1, -0.05) is 32.4 Å². The Morgan fingerprint density at radius 1 is 1.23 bits per heavy atom. The van der Waals surface area contributed by atoms with Crippen molar-refractivity contribution in [2.75, 3.05) is 0 Å². The molecular weight excluding hydrogens is 399 g/mol. The van der Waals surface area contributed by atoms with Crippen LogP contribution in [-0.4, -0.2) is 23.4 Å². The van der Waals surface area contributed by atoms with E-state index < -0.39 is 40.5 Å². The number of carbonyl (C=O) groups is 3. The van der Waals surface area contributed by atoms with Crippen LogP contribution in [0.2, 0.25) is 0 Å². The van der Waals surface area contributed by atoms with E-state index in [1.807, 2.05) is 13.8 Å². The molecule has 4 amide bonds. The maximum atomic E-state index is 12.9. The number of imide groups is 1. The standard InChI is InChI=1S/C21H26F3N3O3/c1-12(2)19(16(25)28,10-13-5-7-14(8-6-13)21(22,23)24)11-15-4-3-9-20(15)17(29)26-18(30)27-20/h5-8,12,15H,3-4,9-11H2,1-2H3,(H2,25,28)(H2,26,27,29,30). The molecule has 2 fully saturated rings. The van der Waals surface area contributed by atoms with Crippen molar-refractivity contribution in [1.82, 2.24) is 10.6 Å². The van der Waals surface area contributed by atoms with Gasteiger partial charge in [0.2, 0.25) is 5.91 Å². The number of urea groups is 1. The number of primary amides is 1. The van der Waals surface area contributed by atoms with Gasteiger partial charge in [0, 0.05) is 0 Å². The van der Waals surface area contributed by atoms with Gasteiger partial charge in [-0.2, -0.15) is 13.2 Å². The van der Waals surface area contributed by atoms with Crippen molar-refractivity contribution in [3.63, 3.8) is 0 Å². The Kier molecular flexibility index (Phi) is 5.60. The minimum atomic E-state index is -4.44. The Hall–Kier alpha value is -2.58. The van der Waals surface area contributed by atoms with E-state index in [9.17, 15) is 27.6 Å². The molecule has 1 saturated heterocycles. The van der Waals surface area contributed by atoms with Gasteiger partial charge in [-0.05, 0) is 55.2 Å². The summed E-state index contributed by atoms with van der Waals surface area (Å²) >= 11 is 0. The summed E-state index contributed by atoms with van der Waals surface area (Å²) in [6, 6.07) is 4.14. The molecule has 1 heterocycles. The van der Waals surface area contributed by atoms with Crippen molar-refractivity contribution in [1.29, 1.82) is 0 Å². The smallest absolute Gasteiger partial charge is 0.369 e. The number of rotatable bonds is 6. The Morgan fingerprint density at radius 2 is 1.87 bits per heavy atom. The first-order valence-electron chi connectivity index (χ1n) is 10.0. The van der Waals surface area contributed by atoms with Crippen LogP contribution in [0.1, 0.15) is 50.7 Å². The van der Waals surface area contributed by atoms with Crippen molar-refractivity contribution < 1.29 is 27.6 Å². The van der Waals surface area contributed by atoms with Crippen LogP contribution in [0.5, 0.6) is 0 Å². The lowest BCUT2D eigenvalue weighted by molar-refractivity contribution is -0.137. The Labute approximate surface area is 172 Å². The van der Waals surface area contributed by atoms with Crippen molar-refractivity contribution in [3.8, 4) is 0 Å². The van der Waals surface area contributed by atoms with E-state index in [-0.39, 0.29) is 24.7 Å². The second-order valence-corrected chi connectivity index (χ2v) is 8.72. The number of halogens is 3. The topological polar surface area (TPSA) is 101 Å². The van der Waals surface area contributed by atoms with E-state index in [0.717, 1.165) is 12.1 Å². The Bertz CT molecular complexity index is 853. The van der Waals surface area contributed by atoms with Gasteiger partial charge in [-0.15, -0.1) is 0 Å². The Morgan fingerprint density at radius 3 is 2.33 bits per heavy atom. The van der Waals surface area contributed by atoms with Gasteiger partial charge in [0.15, 0.2) is 0 Å². The summed E-state index contributed by atoms with van der Waals surface area (Å²) < 4.78 is 38.6. The molecule has 3 unspecified atom stereocenters. The van der Waals surface area contributed by atoms with Crippen molar-refractivity contribution in [2.24, 2.45) is 23.0 Å². The molecule has 4 N–H and O–H groups in total. The molecule has 1 aliphatic carbocycles. The first-order chi connectivity index (χ1) is 13.9. The number of hydrogen-bond donors (Lipinski definition) is 3. The monoisotopic (exact) mass is 425 g/mol. The zero-order valence-corrected chi connectivity index (χ0v) is 16.9. The van der Waals surface area contributed by atoms with Crippen molar-refractivity contribution in [3.05, 3.63) is 35.4 Å². The summed E-state index contributed by atoms with van der Waals surface area (Å²) in [4.78, 5) is 37.0. The quantitative estimate of drug-likeness (QED) is 0.611. The number of amides is 4. The highest BCUT2D eigenvalue weighted by molar-refractivity contribution is 6.07. The van der Waals surface area contributed by atoms with Crippen molar-refractivity contribution >= 4 is 17.8 Å². The lowest BCUT2D eigenvalue weighted by Crippen LogP contribution is -2.54. The molecule has 1 saturated carbocycles. The number of nitrogens with two attached hydrogens (primary N) is 1. The highest BCUT2D eigenvalue weighted by Gasteiger charge is 2.57. The lowest BCUT2D eigenvalue weighted by atomic mass is 9.64. The molecule has 0 bridgehead atoms. The second-order valence-electron chi connectivity index (χ2n) is 8.72. The highest BCUT2D eigenvalue weighted by atomic mass is 19.4. The Balaban J connectivity index is 1.92. The SMILES string of the molecule is CC(C)C(Cc1ccc(C(F)(F)F)cc1)(CC1CCCC12NC(=O)NC2=O)C(N)=O. The number of hydrogen-bond acceptors (Lipinski definition) is 3. The molecule has 2 aliphatic rings. The third-order valence-electron chi connectivity index (χ3n) is 6.80.